The van der Waals surface area contributed by atoms with E-state index in [-0.39, 0.29) is 0 Å². The van der Waals surface area contributed by atoms with Crippen molar-refractivity contribution in [3.8, 4) is 22.9 Å². The number of unbranched alkanes of at least 4 members (excludes halogenated alkanes) is 12. The summed E-state index contributed by atoms with van der Waals surface area (Å²) in [7, 11) is 0. The van der Waals surface area contributed by atoms with Gasteiger partial charge in [-0.25, -0.2) is 4.98 Å². The summed E-state index contributed by atoms with van der Waals surface area (Å²) in [6.07, 6.45) is 22.4. The van der Waals surface area contributed by atoms with Crippen LogP contribution in [0.25, 0.3) is 22.9 Å². The Hall–Kier alpha value is -2.22. The van der Waals surface area contributed by atoms with Crippen molar-refractivity contribution in [1.29, 1.82) is 0 Å². The number of nitrogens with zero attached hydrogens (tertiary/aromatic N) is 1. The van der Waals surface area contributed by atoms with E-state index >= 15 is 0 Å². The van der Waals surface area contributed by atoms with Gasteiger partial charge in [0.1, 0.15) is 22.9 Å². The van der Waals surface area contributed by atoms with Crippen molar-refractivity contribution < 1.29 is 18.7 Å². The smallest absolute Gasteiger partial charge is 0.166 e. The van der Waals surface area contributed by atoms with Crippen LogP contribution < -0.4 is 0 Å². The molecule has 6 nitrogen and oxygen atoms in total. The van der Waals surface area contributed by atoms with Crippen molar-refractivity contribution in [2.24, 2.45) is 0 Å². The number of ether oxygens (including phenoxy) is 1. The summed E-state index contributed by atoms with van der Waals surface area (Å²) in [5.41, 5.74) is 1.49. The molecule has 0 aromatic carbocycles. The average molecular weight is 585 g/mol. The molecule has 41 heavy (non-hydrogen) atoms. The predicted octanol–water partition coefficient (Wildman–Crippen LogP) is 10.1. The monoisotopic (exact) mass is 584 g/mol. The number of aromatic nitrogens is 2. The largest absolute Gasteiger partial charge is 0.460 e. The third-order valence-corrected chi connectivity index (χ3v) is 8.18. The zero-order valence-electron chi connectivity index (χ0n) is 25.6. The molecule has 7 heteroatoms. The summed E-state index contributed by atoms with van der Waals surface area (Å²) in [5, 5.41) is 11.1. The Morgan fingerprint density at radius 1 is 0.829 bits per heavy atom. The minimum absolute atomic E-state index is 0.341. The van der Waals surface area contributed by atoms with Gasteiger partial charge in [-0.05, 0) is 70.2 Å². The van der Waals surface area contributed by atoms with Crippen LogP contribution in [0.5, 0.6) is 0 Å². The van der Waals surface area contributed by atoms with Crippen molar-refractivity contribution in [1.82, 2.24) is 9.97 Å². The van der Waals surface area contributed by atoms with Gasteiger partial charge in [0, 0.05) is 12.4 Å². The summed E-state index contributed by atoms with van der Waals surface area (Å²) < 4.78 is 17.4. The Balaban J connectivity index is 1.21. The van der Waals surface area contributed by atoms with Gasteiger partial charge in [0.15, 0.2) is 16.7 Å². The van der Waals surface area contributed by atoms with E-state index in [0.717, 1.165) is 23.6 Å². The summed E-state index contributed by atoms with van der Waals surface area (Å²) in [6, 6.07) is 7.69. The zero-order valence-corrected chi connectivity index (χ0v) is 26.4. The first-order valence-corrected chi connectivity index (χ1v) is 16.8. The number of nitrogens with one attached hydrogen (secondary N) is 1. The zero-order chi connectivity index (χ0) is 29.1. The predicted molar refractivity (Wildman–Crippen MR) is 170 cm³/mol. The highest BCUT2D eigenvalue weighted by Crippen LogP contribution is 2.34. The van der Waals surface area contributed by atoms with E-state index in [1.807, 2.05) is 38.1 Å². The minimum Gasteiger partial charge on any atom is -0.460 e. The van der Waals surface area contributed by atoms with Crippen LogP contribution in [-0.4, -0.2) is 40.1 Å². The Morgan fingerprint density at radius 3 is 2.02 bits per heavy atom. The van der Waals surface area contributed by atoms with Crippen LogP contribution in [0, 0.1) is 13.8 Å². The first-order chi connectivity index (χ1) is 20.1. The lowest BCUT2D eigenvalue weighted by molar-refractivity contribution is 0.0467. The molecule has 0 aliphatic rings. The molecule has 228 valence electrons. The maximum Gasteiger partial charge on any atom is 0.166 e. The number of furan rings is 2. The molecule has 0 spiro atoms. The number of thioether (sulfide) groups is 1. The number of aliphatic hydroxyl groups is 1. The Bertz CT molecular complexity index is 1060. The molecular weight excluding hydrogens is 532 g/mol. The van der Waals surface area contributed by atoms with E-state index in [0.29, 0.717) is 41.3 Å². The second-order valence-corrected chi connectivity index (χ2v) is 12.1. The van der Waals surface area contributed by atoms with E-state index in [9.17, 15) is 5.11 Å². The number of allylic oxidation sites excluding steroid dienone is 2. The first kappa shape index (κ1) is 33.3. The van der Waals surface area contributed by atoms with Gasteiger partial charge in [-0.1, -0.05) is 88.6 Å². The second-order valence-electron chi connectivity index (χ2n) is 11.1. The van der Waals surface area contributed by atoms with E-state index in [2.05, 4.69) is 24.1 Å². The molecule has 2 N–H and O–H groups in total. The van der Waals surface area contributed by atoms with Gasteiger partial charge in [0.25, 0.3) is 0 Å². The molecule has 0 aliphatic carbocycles. The van der Waals surface area contributed by atoms with Crippen LogP contribution >= 0.6 is 11.8 Å². The summed E-state index contributed by atoms with van der Waals surface area (Å²) in [5.74, 6) is 3.56. The summed E-state index contributed by atoms with van der Waals surface area (Å²) >= 11 is 1.47. The normalized spacial score (nSPS) is 12.6. The highest BCUT2D eigenvalue weighted by molar-refractivity contribution is 7.99. The van der Waals surface area contributed by atoms with Crippen molar-refractivity contribution in [3.05, 3.63) is 47.9 Å². The van der Waals surface area contributed by atoms with Crippen LogP contribution in [-0.2, 0) is 4.74 Å². The highest BCUT2D eigenvalue weighted by Gasteiger charge is 2.20. The number of aliphatic hydroxyl groups excluding tert-OH is 1. The lowest BCUT2D eigenvalue weighted by atomic mass is 10.1. The van der Waals surface area contributed by atoms with Crippen molar-refractivity contribution >= 4 is 11.8 Å². The van der Waals surface area contributed by atoms with Crippen molar-refractivity contribution in [2.45, 2.75) is 122 Å². The van der Waals surface area contributed by atoms with Crippen LogP contribution in [0.15, 0.2) is 50.4 Å². The molecule has 0 bridgehead atoms. The number of rotatable bonds is 23. The van der Waals surface area contributed by atoms with E-state index in [1.165, 1.54) is 95.2 Å². The van der Waals surface area contributed by atoms with Gasteiger partial charge in [-0.15, -0.1) is 0 Å². The quantitative estimate of drug-likeness (QED) is 0.0655. The number of hydrogen-bond donors (Lipinski definition) is 2. The van der Waals surface area contributed by atoms with Gasteiger partial charge in [0.2, 0.25) is 0 Å². The van der Waals surface area contributed by atoms with Crippen LogP contribution in [0.3, 0.4) is 0 Å². The van der Waals surface area contributed by atoms with Crippen molar-refractivity contribution in [3.63, 3.8) is 0 Å². The highest BCUT2D eigenvalue weighted by atomic mass is 32.2. The number of H-pyrrole nitrogens is 1. The SMILES string of the molecule is CCCCCCCC/C=C\CCCCCCCCOCC(O)CSc1nc(-c2ccc(C)o2)c(-c2ccc(C)o2)[nH]1. The third-order valence-electron chi connectivity index (χ3n) is 7.17. The fourth-order valence-electron chi connectivity index (χ4n) is 4.80. The first-order valence-electron chi connectivity index (χ1n) is 15.8. The molecule has 0 radical (unpaired) electrons. The number of aromatic amines is 1. The van der Waals surface area contributed by atoms with E-state index in [1.54, 1.807) is 0 Å². The molecule has 0 saturated carbocycles. The van der Waals surface area contributed by atoms with Crippen molar-refractivity contribution in [2.75, 3.05) is 19.0 Å². The minimum atomic E-state index is -0.553. The van der Waals surface area contributed by atoms with Crippen LogP contribution in [0.2, 0.25) is 0 Å². The molecule has 0 aliphatic heterocycles. The lowest BCUT2D eigenvalue weighted by Gasteiger charge is -2.10. The molecule has 1 unspecified atom stereocenters. The number of hydrogen-bond acceptors (Lipinski definition) is 6. The maximum absolute atomic E-state index is 10.4. The van der Waals surface area contributed by atoms with Gasteiger partial charge in [-0.2, -0.15) is 0 Å². The standard InChI is InChI=1S/C34H52N2O4S/c1-4-5-6-7-8-9-10-11-12-13-14-15-16-17-18-19-24-38-25-29(37)26-41-34-35-32(30-22-20-27(2)39-30)33(36-34)31-23-21-28(3)40-31/h11-12,20-23,29,37H,4-10,13-19,24-26H2,1-3H3,(H,35,36)/b12-11-. The molecule has 3 heterocycles. The molecule has 3 aromatic rings. The fraction of sp³-hybridized carbons (Fsp3) is 0.618. The maximum atomic E-state index is 10.4. The topological polar surface area (TPSA) is 84.4 Å². The average Bonchev–Trinajstić information content (AvgIpc) is 3.70. The number of aryl methyl sites for hydroxylation is 2. The van der Waals surface area contributed by atoms with Gasteiger partial charge >= 0.3 is 0 Å². The molecule has 0 fully saturated rings. The Labute approximate surface area is 251 Å². The summed E-state index contributed by atoms with van der Waals surface area (Å²) in [4.78, 5) is 8.08. The second kappa shape index (κ2) is 19.8. The van der Waals surface area contributed by atoms with Gasteiger partial charge in [0.05, 0.1) is 12.7 Å². The fourth-order valence-corrected chi connectivity index (χ4v) is 5.58. The molecular formula is C34H52N2O4S. The van der Waals surface area contributed by atoms with E-state index < -0.39 is 6.10 Å². The third kappa shape index (κ3) is 13.1. The molecule has 0 saturated heterocycles. The summed E-state index contributed by atoms with van der Waals surface area (Å²) in [6.45, 7) is 7.15. The Kier molecular flexibility index (Phi) is 16.1. The van der Waals surface area contributed by atoms with E-state index in [4.69, 9.17) is 18.6 Å². The molecule has 1 atom stereocenters. The van der Waals surface area contributed by atoms with Crippen LogP contribution in [0.1, 0.15) is 108 Å². The lowest BCUT2D eigenvalue weighted by Crippen LogP contribution is -2.18. The molecule has 0 amide bonds. The van der Waals surface area contributed by atoms with Crippen LogP contribution in [0.4, 0.5) is 0 Å². The molecule has 3 rings (SSSR count). The number of imidazole rings is 1. The Morgan fingerprint density at radius 2 is 1.41 bits per heavy atom. The van der Waals surface area contributed by atoms with Gasteiger partial charge in [-0.3, -0.25) is 0 Å². The molecule has 3 aromatic heterocycles. The van der Waals surface area contributed by atoms with Gasteiger partial charge < -0.3 is 23.7 Å².